The van der Waals surface area contributed by atoms with E-state index in [1.165, 1.54) is 5.56 Å². The van der Waals surface area contributed by atoms with Crippen LogP contribution in [0.2, 0.25) is 0 Å². The van der Waals surface area contributed by atoms with Gasteiger partial charge in [0.15, 0.2) is 0 Å². The predicted molar refractivity (Wildman–Crippen MR) is 89.9 cm³/mol. The van der Waals surface area contributed by atoms with Gasteiger partial charge in [-0.2, -0.15) is 0 Å². The molecular weight excluding hydrogens is 274 g/mol. The lowest BCUT2D eigenvalue weighted by Gasteiger charge is -2.27. The molecule has 1 heterocycles. The molecule has 0 unspecified atom stereocenters. The summed E-state index contributed by atoms with van der Waals surface area (Å²) in [6.07, 6.45) is 8.29. The van der Waals surface area contributed by atoms with Gasteiger partial charge in [0, 0.05) is 6.54 Å². The maximum atomic E-state index is 12.2. The number of ether oxygens (including phenoxy) is 1. The van der Waals surface area contributed by atoms with Crippen LogP contribution in [0.3, 0.4) is 0 Å². The third-order valence-electron chi connectivity index (χ3n) is 3.73. The van der Waals surface area contributed by atoms with E-state index in [2.05, 4.69) is 36.4 Å². The third kappa shape index (κ3) is 5.21. The van der Waals surface area contributed by atoms with Gasteiger partial charge in [0.1, 0.15) is 5.60 Å². The number of carbonyl (C=O) groups excluding carboxylic acids is 1. The van der Waals surface area contributed by atoms with Gasteiger partial charge >= 0.3 is 6.09 Å². The molecule has 1 saturated heterocycles. The molecule has 0 N–H and O–H groups in total. The van der Waals surface area contributed by atoms with E-state index in [0.29, 0.717) is 0 Å². The molecule has 3 heteroatoms. The molecule has 0 saturated carbocycles. The smallest absolute Gasteiger partial charge is 0.410 e. The lowest BCUT2D eigenvalue weighted by molar-refractivity contribution is 0.0256. The number of carbonyl (C=O) groups is 1. The molecule has 3 nitrogen and oxygen atoms in total. The first-order valence-electron chi connectivity index (χ1n) is 8.16. The second-order valence-corrected chi connectivity index (χ2v) is 6.84. The van der Waals surface area contributed by atoms with Crippen molar-refractivity contribution in [2.24, 2.45) is 0 Å². The van der Waals surface area contributed by atoms with Gasteiger partial charge in [0.2, 0.25) is 0 Å². The maximum Gasteiger partial charge on any atom is 0.410 e. The SMILES string of the molecule is CC(C)(C)OC(=O)N1CCC[C@H]1/C=C/CCc1ccccc1. The van der Waals surface area contributed by atoms with Gasteiger partial charge in [-0.3, -0.25) is 0 Å². The zero-order chi connectivity index (χ0) is 16.0. The number of aryl methyl sites for hydroxylation is 1. The van der Waals surface area contributed by atoms with Gasteiger partial charge < -0.3 is 9.64 Å². The molecule has 0 spiro atoms. The van der Waals surface area contributed by atoms with E-state index in [-0.39, 0.29) is 12.1 Å². The van der Waals surface area contributed by atoms with Crippen LogP contribution >= 0.6 is 0 Å². The molecule has 1 aromatic carbocycles. The van der Waals surface area contributed by atoms with Crippen molar-refractivity contribution in [2.45, 2.75) is 58.1 Å². The van der Waals surface area contributed by atoms with E-state index in [1.54, 1.807) is 0 Å². The predicted octanol–water partition coefficient (Wildman–Crippen LogP) is 4.57. The molecule has 120 valence electrons. The minimum Gasteiger partial charge on any atom is -0.444 e. The van der Waals surface area contributed by atoms with Crippen LogP contribution in [0.1, 0.15) is 45.6 Å². The summed E-state index contributed by atoms with van der Waals surface area (Å²) in [7, 11) is 0. The summed E-state index contributed by atoms with van der Waals surface area (Å²) < 4.78 is 5.48. The zero-order valence-corrected chi connectivity index (χ0v) is 13.9. The third-order valence-corrected chi connectivity index (χ3v) is 3.73. The Balaban J connectivity index is 1.83. The van der Waals surface area contributed by atoms with Crippen molar-refractivity contribution in [3.8, 4) is 0 Å². The van der Waals surface area contributed by atoms with Crippen molar-refractivity contribution in [1.29, 1.82) is 0 Å². The number of likely N-dealkylation sites (tertiary alicyclic amines) is 1. The Kier molecular flexibility index (Phi) is 5.64. The van der Waals surface area contributed by atoms with Crippen LogP contribution in [-0.4, -0.2) is 29.2 Å². The second-order valence-electron chi connectivity index (χ2n) is 6.84. The molecule has 0 aliphatic carbocycles. The van der Waals surface area contributed by atoms with E-state index in [4.69, 9.17) is 4.74 Å². The van der Waals surface area contributed by atoms with Gasteiger partial charge in [-0.1, -0.05) is 42.5 Å². The Bertz CT molecular complexity index is 502. The normalized spacial score (nSPS) is 18.9. The summed E-state index contributed by atoms with van der Waals surface area (Å²) in [6, 6.07) is 10.7. The van der Waals surface area contributed by atoms with Crippen molar-refractivity contribution in [2.75, 3.05) is 6.54 Å². The first-order chi connectivity index (χ1) is 10.5. The lowest BCUT2D eigenvalue weighted by atomic mass is 10.1. The summed E-state index contributed by atoms with van der Waals surface area (Å²) in [5.41, 5.74) is 0.920. The van der Waals surface area contributed by atoms with Crippen molar-refractivity contribution < 1.29 is 9.53 Å². The van der Waals surface area contributed by atoms with Gasteiger partial charge in [-0.05, 0) is 52.0 Å². The highest BCUT2D eigenvalue weighted by Crippen LogP contribution is 2.21. The Morgan fingerprint density at radius 2 is 2.05 bits per heavy atom. The molecule has 1 aromatic rings. The lowest BCUT2D eigenvalue weighted by Crippen LogP contribution is -2.39. The highest BCUT2D eigenvalue weighted by atomic mass is 16.6. The first kappa shape index (κ1) is 16.6. The fraction of sp³-hybridized carbons (Fsp3) is 0.526. The Morgan fingerprint density at radius 3 is 2.73 bits per heavy atom. The highest BCUT2D eigenvalue weighted by molar-refractivity contribution is 5.69. The summed E-state index contributed by atoms with van der Waals surface area (Å²) in [5.74, 6) is 0. The highest BCUT2D eigenvalue weighted by Gasteiger charge is 2.30. The molecule has 1 fully saturated rings. The quantitative estimate of drug-likeness (QED) is 0.762. The second kappa shape index (κ2) is 7.48. The molecule has 0 bridgehead atoms. The minimum atomic E-state index is -0.429. The number of rotatable bonds is 4. The molecule has 22 heavy (non-hydrogen) atoms. The van der Waals surface area contributed by atoms with Crippen LogP contribution in [0, 0.1) is 0 Å². The number of hydrogen-bond acceptors (Lipinski definition) is 2. The van der Waals surface area contributed by atoms with Gasteiger partial charge in [-0.15, -0.1) is 0 Å². The van der Waals surface area contributed by atoms with E-state index < -0.39 is 5.60 Å². The molecule has 0 aromatic heterocycles. The number of allylic oxidation sites excluding steroid dienone is 1. The van der Waals surface area contributed by atoms with Crippen molar-refractivity contribution in [1.82, 2.24) is 4.90 Å². The van der Waals surface area contributed by atoms with E-state index in [0.717, 1.165) is 32.2 Å². The molecule has 1 aliphatic heterocycles. The molecule has 0 radical (unpaired) electrons. The minimum absolute atomic E-state index is 0.186. The van der Waals surface area contributed by atoms with Crippen molar-refractivity contribution in [3.05, 3.63) is 48.0 Å². The fourth-order valence-corrected chi connectivity index (χ4v) is 2.69. The van der Waals surface area contributed by atoms with Gasteiger partial charge in [-0.25, -0.2) is 4.79 Å². The molecule has 1 aliphatic rings. The van der Waals surface area contributed by atoms with Crippen molar-refractivity contribution in [3.63, 3.8) is 0 Å². The molecule has 2 rings (SSSR count). The Morgan fingerprint density at radius 1 is 1.32 bits per heavy atom. The average molecular weight is 301 g/mol. The van der Waals surface area contributed by atoms with Gasteiger partial charge in [0.25, 0.3) is 0 Å². The van der Waals surface area contributed by atoms with Crippen molar-refractivity contribution >= 4 is 6.09 Å². The van der Waals surface area contributed by atoms with Gasteiger partial charge in [0.05, 0.1) is 6.04 Å². The summed E-state index contributed by atoms with van der Waals surface area (Å²) in [6.45, 7) is 6.52. The van der Waals surface area contributed by atoms with E-state index in [1.807, 2.05) is 31.7 Å². The molecular formula is C19H27NO2. The van der Waals surface area contributed by atoms with Crippen LogP contribution in [0.5, 0.6) is 0 Å². The summed E-state index contributed by atoms with van der Waals surface area (Å²) >= 11 is 0. The maximum absolute atomic E-state index is 12.2. The summed E-state index contributed by atoms with van der Waals surface area (Å²) in [4.78, 5) is 14.0. The topological polar surface area (TPSA) is 29.5 Å². The van der Waals surface area contributed by atoms with Crippen LogP contribution < -0.4 is 0 Å². The number of nitrogens with zero attached hydrogens (tertiary/aromatic N) is 1. The number of benzene rings is 1. The Hall–Kier alpha value is -1.77. The molecule has 1 amide bonds. The fourth-order valence-electron chi connectivity index (χ4n) is 2.69. The zero-order valence-electron chi connectivity index (χ0n) is 13.9. The standard InChI is InChI=1S/C19H27NO2/c1-19(2,3)22-18(21)20-15-9-14-17(20)13-8-7-12-16-10-5-4-6-11-16/h4-6,8,10-11,13,17H,7,9,12,14-15H2,1-3H3/b13-8+/t17-/m1/s1. The number of hydrogen-bond donors (Lipinski definition) is 0. The van der Waals surface area contributed by atoms with E-state index >= 15 is 0 Å². The largest absolute Gasteiger partial charge is 0.444 e. The van der Waals surface area contributed by atoms with Crippen LogP contribution in [0.4, 0.5) is 4.79 Å². The monoisotopic (exact) mass is 301 g/mol. The number of amides is 1. The van der Waals surface area contributed by atoms with Crippen LogP contribution in [0.25, 0.3) is 0 Å². The van der Waals surface area contributed by atoms with Crippen LogP contribution in [0.15, 0.2) is 42.5 Å². The molecule has 1 atom stereocenters. The first-order valence-corrected chi connectivity index (χ1v) is 8.16. The average Bonchev–Trinajstić information content (AvgIpc) is 2.91. The summed E-state index contributed by atoms with van der Waals surface area (Å²) in [5, 5.41) is 0. The van der Waals surface area contributed by atoms with E-state index in [9.17, 15) is 4.79 Å². The Labute approximate surface area is 134 Å². The van der Waals surface area contributed by atoms with Crippen LogP contribution in [-0.2, 0) is 11.2 Å².